The molecule has 0 fully saturated rings. The summed E-state index contributed by atoms with van der Waals surface area (Å²) in [6.45, 7) is 6.08. The number of carboxylic acids is 1. The van der Waals surface area contributed by atoms with Crippen LogP contribution in [0.4, 0.5) is 0 Å². The monoisotopic (exact) mass is 205 g/mol. The van der Waals surface area contributed by atoms with Gasteiger partial charge in [0.2, 0.25) is 5.91 Å². The lowest BCUT2D eigenvalue weighted by atomic mass is 9.93. The summed E-state index contributed by atoms with van der Waals surface area (Å²) in [6.07, 6.45) is 0. The molecule has 0 unspecified atom stereocenters. The van der Waals surface area contributed by atoms with Crippen LogP contribution < -0.4 is 5.32 Å². The van der Waals surface area contributed by atoms with E-state index in [2.05, 4.69) is 11.9 Å². The summed E-state index contributed by atoms with van der Waals surface area (Å²) in [5.74, 6) is -1.76. The molecule has 0 spiro atoms. The highest BCUT2D eigenvalue weighted by atomic mass is 35.5. The average Bonchev–Trinajstić information content (AvgIpc) is 1.99. The minimum absolute atomic E-state index is 0.0805. The van der Waals surface area contributed by atoms with Gasteiger partial charge in [-0.3, -0.25) is 9.59 Å². The fourth-order valence-electron chi connectivity index (χ4n) is 0.494. The van der Waals surface area contributed by atoms with Crippen LogP contribution in [0, 0.1) is 5.41 Å². The lowest BCUT2D eigenvalue weighted by molar-refractivity contribution is -0.153. The van der Waals surface area contributed by atoms with Crippen molar-refractivity contribution in [3.05, 3.63) is 11.6 Å². The number of carbonyl (C=O) groups is 2. The highest BCUT2D eigenvalue weighted by Crippen LogP contribution is 2.15. The van der Waals surface area contributed by atoms with Gasteiger partial charge in [0.1, 0.15) is 5.41 Å². The standard InChI is InChI=1S/C8H12ClNO3/c1-5(9)4-10-6(11)8(2,3)7(12)13/h1,4H2,2-3H3,(H,10,11)(H,12,13). The number of amides is 1. The van der Waals surface area contributed by atoms with Crippen molar-refractivity contribution >= 4 is 23.5 Å². The molecule has 0 saturated carbocycles. The Balaban J connectivity index is 4.26. The Labute approximate surface area is 81.6 Å². The van der Waals surface area contributed by atoms with Crippen LogP contribution in [0.1, 0.15) is 13.8 Å². The first-order valence-electron chi connectivity index (χ1n) is 3.63. The second-order valence-corrected chi connectivity index (χ2v) is 3.66. The van der Waals surface area contributed by atoms with Crippen molar-refractivity contribution in [3.63, 3.8) is 0 Å². The van der Waals surface area contributed by atoms with E-state index in [4.69, 9.17) is 16.7 Å². The fraction of sp³-hybridized carbons (Fsp3) is 0.500. The molecule has 2 N–H and O–H groups in total. The molecule has 0 aromatic heterocycles. The smallest absolute Gasteiger partial charge is 0.318 e. The molecule has 0 aliphatic rings. The quantitative estimate of drug-likeness (QED) is 0.672. The molecule has 0 saturated heterocycles. The molecule has 1 amide bonds. The maximum atomic E-state index is 11.2. The van der Waals surface area contributed by atoms with Gasteiger partial charge in [-0.25, -0.2) is 0 Å². The van der Waals surface area contributed by atoms with Gasteiger partial charge in [0.25, 0.3) is 0 Å². The number of rotatable bonds is 4. The largest absolute Gasteiger partial charge is 0.480 e. The first kappa shape index (κ1) is 12.0. The SMILES string of the molecule is C=C(Cl)CNC(=O)C(C)(C)C(=O)O. The summed E-state index contributed by atoms with van der Waals surface area (Å²) >= 11 is 5.39. The minimum atomic E-state index is -1.44. The van der Waals surface area contributed by atoms with E-state index >= 15 is 0 Å². The van der Waals surface area contributed by atoms with Crippen LogP contribution in [-0.4, -0.2) is 23.5 Å². The third-order valence-electron chi connectivity index (χ3n) is 1.54. The van der Waals surface area contributed by atoms with Gasteiger partial charge in [0.15, 0.2) is 0 Å². The topological polar surface area (TPSA) is 66.4 Å². The van der Waals surface area contributed by atoms with Gasteiger partial charge in [-0.2, -0.15) is 0 Å². The Morgan fingerprint density at radius 1 is 1.54 bits per heavy atom. The summed E-state index contributed by atoms with van der Waals surface area (Å²) in [5, 5.41) is 11.3. The summed E-state index contributed by atoms with van der Waals surface area (Å²) < 4.78 is 0. The van der Waals surface area contributed by atoms with Gasteiger partial charge in [0.05, 0.1) is 6.54 Å². The number of hydrogen-bond acceptors (Lipinski definition) is 2. The lowest BCUT2D eigenvalue weighted by Crippen LogP contribution is -2.42. The van der Waals surface area contributed by atoms with E-state index in [-0.39, 0.29) is 11.6 Å². The molecule has 0 bridgehead atoms. The normalized spacial score (nSPS) is 10.7. The van der Waals surface area contributed by atoms with Crippen molar-refractivity contribution in [1.82, 2.24) is 5.32 Å². The highest BCUT2D eigenvalue weighted by molar-refractivity contribution is 6.29. The molecule has 0 aliphatic carbocycles. The maximum absolute atomic E-state index is 11.2. The van der Waals surface area contributed by atoms with E-state index < -0.39 is 17.3 Å². The number of hydrogen-bond donors (Lipinski definition) is 2. The van der Waals surface area contributed by atoms with Gasteiger partial charge in [-0.1, -0.05) is 18.2 Å². The van der Waals surface area contributed by atoms with E-state index in [1.807, 2.05) is 0 Å². The van der Waals surface area contributed by atoms with E-state index in [1.165, 1.54) is 13.8 Å². The zero-order valence-corrected chi connectivity index (χ0v) is 8.31. The predicted octanol–water partition coefficient (Wildman–Crippen LogP) is 0.966. The maximum Gasteiger partial charge on any atom is 0.318 e. The first-order chi connectivity index (χ1) is 5.78. The number of halogens is 1. The van der Waals surface area contributed by atoms with Crippen molar-refractivity contribution in [3.8, 4) is 0 Å². The molecule has 74 valence electrons. The number of carbonyl (C=O) groups excluding carboxylic acids is 1. The Morgan fingerprint density at radius 2 is 2.00 bits per heavy atom. The molecule has 13 heavy (non-hydrogen) atoms. The van der Waals surface area contributed by atoms with Crippen molar-refractivity contribution in [2.45, 2.75) is 13.8 Å². The van der Waals surface area contributed by atoms with Crippen molar-refractivity contribution in [2.75, 3.05) is 6.54 Å². The van der Waals surface area contributed by atoms with Crippen molar-refractivity contribution in [2.24, 2.45) is 5.41 Å². The third-order valence-corrected chi connectivity index (χ3v) is 1.68. The second kappa shape index (κ2) is 4.28. The highest BCUT2D eigenvalue weighted by Gasteiger charge is 2.35. The van der Waals surface area contributed by atoms with E-state index in [9.17, 15) is 9.59 Å². The van der Waals surface area contributed by atoms with Crippen LogP contribution >= 0.6 is 11.6 Å². The van der Waals surface area contributed by atoms with Gasteiger partial charge in [-0.15, -0.1) is 0 Å². The molecular weight excluding hydrogens is 194 g/mol. The molecule has 0 rings (SSSR count). The Morgan fingerprint density at radius 3 is 2.31 bits per heavy atom. The van der Waals surface area contributed by atoms with Crippen molar-refractivity contribution < 1.29 is 14.7 Å². The Bertz CT molecular complexity index is 248. The molecule has 0 aromatic carbocycles. The predicted molar refractivity (Wildman–Crippen MR) is 49.4 cm³/mol. The van der Waals surface area contributed by atoms with Crippen LogP contribution in [0.15, 0.2) is 11.6 Å². The molecule has 5 heteroatoms. The zero-order chi connectivity index (χ0) is 10.6. The van der Waals surface area contributed by atoms with Crippen LogP contribution in [0.25, 0.3) is 0 Å². The summed E-state index contributed by atoms with van der Waals surface area (Å²) in [7, 11) is 0. The van der Waals surface area contributed by atoms with Gasteiger partial charge >= 0.3 is 5.97 Å². The van der Waals surface area contributed by atoms with E-state index in [0.717, 1.165) is 0 Å². The van der Waals surface area contributed by atoms with Gasteiger partial charge < -0.3 is 10.4 Å². The number of aliphatic carboxylic acids is 1. The molecule has 0 atom stereocenters. The van der Waals surface area contributed by atoms with Crippen LogP contribution in [0.2, 0.25) is 0 Å². The lowest BCUT2D eigenvalue weighted by Gasteiger charge is -2.17. The van der Waals surface area contributed by atoms with Crippen molar-refractivity contribution in [1.29, 1.82) is 0 Å². The number of nitrogens with one attached hydrogen (secondary N) is 1. The van der Waals surface area contributed by atoms with Crippen LogP contribution in [-0.2, 0) is 9.59 Å². The molecule has 0 aliphatic heterocycles. The van der Waals surface area contributed by atoms with Crippen LogP contribution in [0.5, 0.6) is 0 Å². The number of carboxylic acid groups (broad SMARTS) is 1. The van der Waals surface area contributed by atoms with E-state index in [1.54, 1.807) is 0 Å². The zero-order valence-electron chi connectivity index (χ0n) is 7.56. The minimum Gasteiger partial charge on any atom is -0.480 e. The molecular formula is C8H12ClNO3. The third kappa shape index (κ3) is 3.46. The summed E-state index contributed by atoms with van der Waals surface area (Å²) in [5.41, 5.74) is -1.44. The van der Waals surface area contributed by atoms with Gasteiger partial charge in [0, 0.05) is 5.03 Å². The fourth-order valence-corrected chi connectivity index (χ4v) is 0.561. The molecule has 0 radical (unpaired) electrons. The summed E-state index contributed by atoms with van der Waals surface area (Å²) in [4.78, 5) is 21.8. The molecule has 4 nitrogen and oxygen atoms in total. The Kier molecular flexibility index (Phi) is 3.94. The summed E-state index contributed by atoms with van der Waals surface area (Å²) in [6, 6.07) is 0. The molecule has 0 heterocycles. The van der Waals surface area contributed by atoms with E-state index in [0.29, 0.717) is 0 Å². The van der Waals surface area contributed by atoms with Gasteiger partial charge in [-0.05, 0) is 13.8 Å². The molecule has 0 aromatic rings. The average molecular weight is 206 g/mol. The second-order valence-electron chi connectivity index (χ2n) is 3.13. The van der Waals surface area contributed by atoms with Crippen LogP contribution in [0.3, 0.4) is 0 Å². The first-order valence-corrected chi connectivity index (χ1v) is 4.01. The Hall–Kier alpha value is -1.03.